The van der Waals surface area contributed by atoms with Crippen LogP contribution in [0.15, 0.2) is 87.8 Å². The maximum atomic E-state index is 14.0. The van der Waals surface area contributed by atoms with Crippen LogP contribution in [0.3, 0.4) is 0 Å². The van der Waals surface area contributed by atoms with Crippen LogP contribution >= 0.6 is 56.5 Å². The molecule has 3 aromatic carbocycles. The summed E-state index contributed by atoms with van der Waals surface area (Å²) in [6.07, 6.45) is 7.19. The minimum atomic E-state index is -0.702. The second kappa shape index (κ2) is 12.6. The SMILES string of the molecule is C#CCOc1c(I)cc(/C=c2\sc3n(c2=O)[C@@H](c2cccc(OC)c2)C(C(=O)Nc2ccccc2)=C(C)N=3)cc1I. The van der Waals surface area contributed by atoms with Crippen molar-refractivity contribution in [1.29, 1.82) is 0 Å². The summed E-state index contributed by atoms with van der Waals surface area (Å²) in [5.74, 6) is 3.49. The molecule has 10 heteroatoms. The molecule has 5 rings (SSSR count). The normalized spacial score (nSPS) is 14.6. The molecule has 0 unspecified atom stereocenters. The molecule has 1 amide bonds. The Morgan fingerprint density at radius 2 is 1.88 bits per heavy atom. The second-order valence-electron chi connectivity index (χ2n) is 8.99. The van der Waals surface area contributed by atoms with Gasteiger partial charge in [-0.2, -0.15) is 0 Å². The molecule has 0 spiro atoms. The van der Waals surface area contributed by atoms with Gasteiger partial charge in [-0.1, -0.05) is 47.6 Å². The van der Waals surface area contributed by atoms with Crippen molar-refractivity contribution in [3.05, 3.63) is 116 Å². The van der Waals surface area contributed by atoms with Gasteiger partial charge < -0.3 is 14.8 Å². The smallest absolute Gasteiger partial charge is 0.271 e. The monoisotopic (exact) mass is 787 g/mol. The molecule has 2 heterocycles. The predicted octanol–water partition coefficient (Wildman–Crippen LogP) is 5.10. The van der Waals surface area contributed by atoms with E-state index in [4.69, 9.17) is 20.9 Å². The van der Waals surface area contributed by atoms with Crippen molar-refractivity contribution in [2.45, 2.75) is 13.0 Å². The van der Waals surface area contributed by atoms with Gasteiger partial charge in [0, 0.05) is 5.69 Å². The zero-order valence-corrected chi connectivity index (χ0v) is 27.1. The molecule has 0 fully saturated rings. The van der Waals surface area contributed by atoms with Crippen LogP contribution in [-0.4, -0.2) is 24.2 Å². The first kappa shape index (κ1) is 29.1. The average Bonchev–Trinajstić information content (AvgIpc) is 3.26. The number of nitrogens with zero attached hydrogens (tertiary/aromatic N) is 2. The van der Waals surface area contributed by atoms with Gasteiger partial charge in [-0.25, -0.2) is 4.99 Å². The first-order valence-electron chi connectivity index (χ1n) is 12.4. The van der Waals surface area contributed by atoms with Crippen LogP contribution in [0, 0.1) is 19.5 Å². The lowest BCUT2D eigenvalue weighted by Crippen LogP contribution is -2.40. The van der Waals surface area contributed by atoms with Crippen molar-refractivity contribution in [3.8, 4) is 23.8 Å². The Hall–Kier alpha value is -3.41. The lowest BCUT2D eigenvalue weighted by molar-refractivity contribution is -0.113. The quantitative estimate of drug-likeness (QED) is 0.209. The predicted molar refractivity (Wildman–Crippen MR) is 178 cm³/mol. The Morgan fingerprint density at radius 3 is 2.56 bits per heavy atom. The number of terminal acetylenes is 1. The van der Waals surface area contributed by atoms with Crippen molar-refractivity contribution in [2.75, 3.05) is 19.0 Å². The van der Waals surface area contributed by atoms with Gasteiger partial charge in [-0.05, 0) is 106 Å². The van der Waals surface area contributed by atoms with E-state index < -0.39 is 6.04 Å². The Bertz CT molecular complexity index is 1880. The van der Waals surface area contributed by atoms with Crippen molar-refractivity contribution < 1.29 is 14.3 Å². The van der Waals surface area contributed by atoms with Crippen LogP contribution < -0.4 is 29.7 Å². The molecular formula is C31H23I2N3O4S. The molecule has 0 radical (unpaired) electrons. The third kappa shape index (κ3) is 6.12. The second-order valence-corrected chi connectivity index (χ2v) is 12.3. The maximum absolute atomic E-state index is 14.0. The lowest BCUT2D eigenvalue weighted by atomic mass is 9.95. The number of hydrogen-bond acceptors (Lipinski definition) is 6. The minimum Gasteiger partial charge on any atom is -0.497 e. The molecule has 1 aliphatic heterocycles. The number of thiazole rings is 1. The highest BCUT2D eigenvalue weighted by atomic mass is 127. The summed E-state index contributed by atoms with van der Waals surface area (Å²) in [6.45, 7) is 1.97. The lowest BCUT2D eigenvalue weighted by Gasteiger charge is -2.25. The summed E-state index contributed by atoms with van der Waals surface area (Å²) in [5, 5.41) is 2.97. The topological polar surface area (TPSA) is 81.9 Å². The number of carbonyl (C=O) groups is 1. The fourth-order valence-corrected chi connectivity index (χ4v) is 7.70. The van der Waals surface area contributed by atoms with Gasteiger partial charge in [0.05, 0.1) is 36.1 Å². The Labute approximate surface area is 267 Å². The van der Waals surface area contributed by atoms with E-state index in [1.807, 2.05) is 72.8 Å². The highest BCUT2D eigenvalue weighted by Crippen LogP contribution is 2.33. The number of para-hydroxylation sites is 1. The van der Waals surface area contributed by atoms with Crippen molar-refractivity contribution in [2.24, 2.45) is 4.99 Å². The summed E-state index contributed by atoms with van der Waals surface area (Å²) in [4.78, 5) is 33.0. The van der Waals surface area contributed by atoms with Crippen molar-refractivity contribution in [1.82, 2.24) is 4.57 Å². The largest absolute Gasteiger partial charge is 0.497 e. The summed E-state index contributed by atoms with van der Waals surface area (Å²) in [6, 6.07) is 19.8. The summed E-state index contributed by atoms with van der Waals surface area (Å²) < 4.78 is 15.0. The molecule has 0 saturated heterocycles. The van der Waals surface area contributed by atoms with Crippen LogP contribution in [0.5, 0.6) is 11.5 Å². The van der Waals surface area contributed by atoms with E-state index in [-0.39, 0.29) is 18.1 Å². The summed E-state index contributed by atoms with van der Waals surface area (Å²) >= 11 is 5.68. The molecular weight excluding hydrogens is 764 g/mol. The molecule has 1 aliphatic rings. The third-order valence-electron chi connectivity index (χ3n) is 6.33. The molecule has 206 valence electrons. The number of amides is 1. The number of benzene rings is 3. The molecule has 0 bridgehead atoms. The zero-order valence-electron chi connectivity index (χ0n) is 22.0. The first-order valence-corrected chi connectivity index (χ1v) is 15.4. The van der Waals surface area contributed by atoms with E-state index in [0.29, 0.717) is 37.8 Å². The van der Waals surface area contributed by atoms with E-state index in [9.17, 15) is 9.59 Å². The number of fused-ring (bicyclic) bond motifs is 1. The molecule has 1 atom stereocenters. The standard InChI is InChI=1S/C31H23I2N3O4S/c1-4-13-40-28-23(32)14-19(15-24(28)33)16-25-30(38)36-27(20-9-8-12-22(17-20)39-3)26(18(2)34-31(36)41-25)29(37)35-21-10-6-5-7-11-21/h1,5-12,14-17,27H,13H2,2-3H3,(H,35,37)/b25-16-/t27-/m0/s1. The number of nitrogens with one attached hydrogen (secondary N) is 1. The van der Waals surface area contributed by atoms with Crippen LogP contribution in [0.1, 0.15) is 24.1 Å². The number of ether oxygens (including phenoxy) is 2. The van der Waals surface area contributed by atoms with Crippen LogP contribution in [0.2, 0.25) is 0 Å². The minimum absolute atomic E-state index is 0.174. The van der Waals surface area contributed by atoms with Crippen molar-refractivity contribution in [3.63, 3.8) is 0 Å². The number of anilines is 1. The van der Waals surface area contributed by atoms with Gasteiger partial charge in [-0.3, -0.25) is 14.2 Å². The highest BCUT2D eigenvalue weighted by Gasteiger charge is 2.32. The molecule has 1 aromatic heterocycles. The Kier molecular flexibility index (Phi) is 8.96. The number of methoxy groups -OCH3 is 1. The number of allylic oxidation sites excluding steroid dienone is 1. The summed E-state index contributed by atoms with van der Waals surface area (Å²) in [7, 11) is 1.58. The van der Waals surface area contributed by atoms with Gasteiger partial charge in [0.1, 0.15) is 18.1 Å². The van der Waals surface area contributed by atoms with E-state index in [0.717, 1.165) is 18.3 Å². The molecule has 7 nitrogen and oxygen atoms in total. The van der Waals surface area contributed by atoms with E-state index in [1.165, 1.54) is 11.3 Å². The number of carbonyl (C=O) groups excluding carboxylic acids is 1. The molecule has 1 N–H and O–H groups in total. The number of rotatable bonds is 7. The Balaban J connectivity index is 1.65. The van der Waals surface area contributed by atoms with Gasteiger partial charge in [0.2, 0.25) is 0 Å². The fraction of sp³-hybridized carbons (Fsp3) is 0.129. The zero-order chi connectivity index (χ0) is 29.1. The fourth-order valence-electron chi connectivity index (χ4n) is 4.52. The summed E-state index contributed by atoms with van der Waals surface area (Å²) in [5.41, 5.74) is 2.92. The average molecular weight is 787 g/mol. The maximum Gasteiger partial charge on any atom is 0.271 e. The number of halogens is 2. The van der Waals surface area contributed by atoms with Gasteiger partial charge in [0.25, 0.3) is 11.5 Å². The van der Waals surface area contributed by atoms with E-state index in [2.05, 4.69) is 56.4 Å². The van der Waals surface area contributed by atoms with Gasteiger partial charge in [-0.15, -0.1) is 6.42 Å². The van der Waals surface area contributed by atoms with E-state index in [1.54, 1.807) is 18.6 Å². The van der Waals surface area contributed by atoms with Crippen LogP contribution in [-0.2, 0) is 4.79 Å². The van der Waals surface area contributed by atoms with Crippen molar-refractivity contribution >= 4 is 74.2 Å². The Morgan fingerprint density at radius 1 is 1.15 bits per heavy atom. The third-order valence-corrected chi connectivity index (χ3v) is 8.91. The first-order chi connectivity index (χ1) is 19.8. The highest BCUT2D eigenvalue weighted by molar-refractivity contribution is 14.1. The molecule has 0 aliphatic carbocycles. The molecule has 4 aromatic rings. The van der Waals surface area contributed by atoms with E-state index >= 15 is 0 Å². The molecule has 0 saturated carbocycles. The number of hydrogen-bond donors (Lipinski definition) is 1. The van der Waals surface area contributed by atoms with Gasteiger partial charge in [0.15, 0.2) is 4.80 Å². The van der Waals surface area contributed by atoms with Crippen LogP contribution in [0.4, 0.5) is 5.69 Å². The molecule has 41 heavy (non-hydrogen) atoms. The van der Waals surface area contributed by atoms with Crippen LogP contribution in [0.25, 0.3) is 6.08 Å². The number of aromatic nitrogens is 1. The van der Waals surface area contributed by atoms with Gasteiger partial charge >= 0.3 is 0 Å².